The van der Waals surface area contributed by atoms with Gasteiger partial charge in [-0.3, -0.25) is 0 Å². The van der Waals surface area contributed by atoms with E-state index in [0.717, 1.165) is 11.9 Å². The van der Waals surface area contributed by atoms with Gasteiger partial charge in [-0.1, -0.05) is 73.0 Å². The number of hydrogen-bond donors (Lipinski definition) is 0. The first-order chi connectivity index (χ1) is 12.1. The zero-order valence-corrected chi connectivity index (χ0v) is 15.1. The predicted molar refractivity (Wildman–Crippen MR) is 111 cm³/mol. The molecule has 0 spiro atoms. The van der Waals surface area contributed by atoms with Crippen LogP contribution in [-0.2, 0) is 6.16 Å². The lowest BCUT2D eigenvalue weighted by molar-refractivity contribution is 0.619. The topological polar surface area (TPSA) is 9.23 Å². The van der Waals surface area contributed by atoms with E-state index in [9.17, 15) is 0 Å². The van der Waals surface area contributed by atoms with E-state index in [4.69, 9.17) is 4.52 Å². The molecule has 0 saturated heterocycles. The fraction of sp³-hybridized carbons (Fsp3) is 0.0870. The van der Waals surface area contributed by atoms with E-state index in [2.05, 4.69) is 85.8 Å². The molecule has 0 aliphatic carbocycles. The Kier molecular flexibility index (Phi) is 3.11. The first-order valence-corrected chi connectivity index (χ1v) is 11.1. The molecule has 1 aliphatic heterocycles. The van der Waals surface area contributed by atoms with Crippen molar-refractivity contribution in [3.05, 3.63) is 78.4 Å². The fourth-order valence-electron chi connectivity index (χ4n) is 3.96. The van der Waals surface area contributed by atoms with Crippen molar-refractivity contribution in [3.8, 4) is 16.9 Å². The van der Waals surface area contributed by atoms with Gasteiger partial charge >= 0.3 is 0 Å². The van der Waals surface area contributed by atoms with E-state index in [-0.39, 0.29) is 0 Å². The Bertz CT molecular complexity index is 1100. The maximum atomic E-state index is 6.48. The quantitative estimate of drug-likeness (QED) is 0.329. The van der Waals surface area contributed by atoms with Crippen LogP contribution in [0.1, 0.15) is 5.56 Å². The molecule has 1 atom stereocenters. The smallest absolute Gasteiger partial charge is 0.131 e. The number of rotatable bonds is 0. The SMILES string of the molecule is C=P1(C)Cc2ccc3ccccc3c2-c2c(ccc3ccccc23)O1. The summed E-state index contributed by atoms with van der Waals surface area (Å²) in [5.74, 6) is 0.972. The summed E-state index contributed by atoms with van der Waals surface area (Å²) in [6.07, 6.45) is 5.34. The molecule has 1 unspecified atom stereocenters. The molecular weight excluding hydrogens is 323 g/mol. The Balaban J connectivity index is 2.02. The summed E-state index contributed by atoms with van der Waals surface area (Å²) in [4.78, 5) is 0. The minimum Gasteiger partial charge on any atom is -0.477 e. The van der Waals surface area contributed by atoms with Crippen LogP contribution >= 0.6 is 7.11 Å². The van der Waals surface area contributed by atoms with Crippen LogP contribution in [0, 0.1) is 0 Å². The average molecular weight is 342 g/mol. The second-order valence-corrected chi connectivity index (χ2v) is 10.1. The normalized spacial score (nSPS) is 19.1. The third-order valence-electron chi connectivity index (χ3n) is 4.98. The lowest BCUT2D eigenvalue weighted by atomic mass is 9.90. The van der Waals surface area contributed by atoms with Gasteiger partial charge in [0.25, 0.3) is 0 Å². The molecule has 122 valence electrons. The number of benzene rings is 4. The zero-order valence-electron chi connectivity index (χ0n) is 14.2. The molecule has 0 N–H and O–H groups in total. The van der Waals surface area contributed by atoms with Crippen molar-refractivity contribution in [2.75, 3.05) is 6.66 Å². The van der Waals surface area contributed by atoms with Gasteiger partial charge in [-0.25, -0.2) is 0 Å². The first-order valence-electron chi connectivity index (χ1n) is 8.55. The molecule has 4 aromatic carbocycles. The van der Waals surface area contributed by atoms with Crippen molar-refractivity contribution in [2.45, 2.75) is 6.16 Å². The molecule has 25 heavy (non-hydrogen) atoms. The first kappa shape index (κ1) is 14.8. The maximum Gasteiger partial charge on any atom is 0.131 e. The lowest BCUT2D eigenvalue weighted by Gasteiger charge is -2.19. The van der Waals surface area contributed by atoms with Crippen molar-refractivity contribution in [3.63, 3.8) is 0 Å². The number of fused-ring (bicyclic) bond motifs is 7. The molecule has 1 nitrogen and oxygen atoms in total. The highest BCUT2D eigenvalue weighted by Crippen LogP contribution is 2.55. The highest BCUT2D eigenvalue weighted by molar-refractivity contribution is 7.68. The molecule has 0 fully saturated rings. The molecule has 0 aromatic heterocycles. The van der Waals surface area contributed by atoms with Gasteiger partial charge in [0.05, 0.1) is 7.11 Å². The van der Waals surface area contributed by atoms with Gasteiger partial charge in [0.1, 0.15) is 5.75 Å². The van der Waals surface area contributed by atoms with E-state index in [1.165, 1.54) is 38.2 Å². The van der Waals surface area contributed by atoms with E-state index in [1.807, 2.05) is 0 Å². The van der Waals surface area contributed by atoms with Crippen LogP contribution in [0.15, 0.2) is 72.8 Å². The summed E-state index contributed by atoms with van der Waals surface area (Å²) in [5.41, 5.74) is 3.88. The van der Waals surface area contributed by atoms with Crippen molar-refractivity contribution >= 4 is 35.0 Å². The molecule has 1 heterocycles. The number of hydrogen-bond acceptors (Lipinski definition) is 1. The van der Waals surface area contributed by atoms with Crippen LogP contribution in [0.4, 0.5) is 0 Å². The molecule has 2 heteroatoms. The Morgan fingerprint density at radius 2 is 1.36 bits per heavy atom. The van der Waals surface area contributed by atoms with Gasteiger partial charge in [-0.05, 0) is 45.4 Å². The largest absolute Gasteiger partial charge is 0.477 e. The van der Waals surface area contributed by atoms with Crippen LogP contribution in [0.2, 0.25) is 0 Å². The Morgan fingerprint density at radius 1 is 0.760 bits per heavy atom. The van der Waals surface area contributed by atoms with Crippen molar-refractivity contribution in [1.82, 2.24) is 0 Å². The summed E-state index contributed by atoms with van der Waals surface area (Å²) in [6, 6.07) is 26.0. The van der Waals surface area contributed by atoms with Gasteiger partial charge < -0.3 is 4.52 Å². The van der Waals surface area contributed by atoms with Gasteiger partial charge in [-0.2, -0.15) is 0 Å². The van der Waals surface area contributed by atoms with Gasteiger partial charge in [0.15, 0.2) is 0 Å². The minimum atomic E-state index is -1.75. The van der Waals surface area contributed by atoms with Crippen molar-refractivity contribution < 1.29 is 4.52 Å². The molecule has 0 amide bonds. The van der Waals surface area contributed by atoms with E-state index in [0.29, 0.717) is 0 Å². The molecule has 5 rings (SSSR count). The third-order valence-corrected chi connectivity index (χ3v) is 6.63. The molecular formula is C23H19OP. The average Bonchev–Trinajstić information content (AvgIpc) is 2.73. The molecule has 4 aromatic rings. The molecule has 0 radical (unpaired) electrons. The third kappa shape index (κ3) is 2.31. The van der Waals surface area contributed by atoms with Gasteiger partial charge in [0, 0.05) is 11.7 Å². The Labute approximate surface area is 147 Å². The van der Waals surface area contributed by atoms with Crippen LogP contribution in [-0.4, -0.2) is 13.0 Å². The maximum absolute atomic E-state index is 6.48. The summed E-state index contributed by atoms with van der Waals surface area (Å²) >= 11 is 0. The summed E-state index contributed by atoms with van der Waals surface area (Å²) in [5, 5.41) is 5.06. The Morgan fingerprint density at radius 3 is 2.08 bits per heavy atom. The van der Waals surface area contributed by atoms with Crippen LogP contribution in [0.5, 0.6) is 5.75 Å². The van der Waals surface area contributed by atoms with Crippen LogP contribution < -0.4 is 4.52 Å². The molecule has 1 aliphatic rings. The summed E-state index contributed by atoms with van der Waals surface area (Å²) in [7, 11) is -1.75. The molecule has 0 bridgehead atoms. The summed E-state index contributed by atoms with van der Waals surface area (Å²) in [6.45, 7) is 2.18. The van der Waals surface area contributed by atoms with Crippen LogP contribution in [0.25, 0.3) is 32.7 Å². The van der Waals surface area contributed by atoms with Crippen molar-refractivity contribution in [1.29, 1.82) is 0 Å². The highest BCUT2D eigenvalue weighted by Gasteiger charge is 2.25. The second kappa shape index (κ2) is 5.25. The van der Waals surface area contributed by atoms with E-state index < -0.39 is 7.11 Å². The van der Waals surface area contributed by atoms with Gasteiger partial charge in [0.2, 0.25) is 0 Å². The lowest BCUT2D eigenvalue weighted by Crippen LogP contribution is -1.93. The van der Waals surface area contributed by atoms with E-state index in [1.54, 1.807) is 0 Å². The monoisotopic (exact) mass is 342 g/mol. The van der Waals surface area contributed by atoms with E-state index >= 15 is 0 Å². The van der Waals surface area contributed by atoms with Gasteiger partial charge in [-0.15, -0.1) is 0 Å². The highest BCUT2D eigenvalue weighted by atomic mass is 31.2. The minimum absolute atomic E-state index is 0.899. The predicted octanol–water partition coefficient (Wildman–Crippen LogP) is 6.55. The van der Waals surface area contributed by atoms with Crippen LogP contribution in [0.3, 0.4) is 0 Å². The Hall–Kier alpha value is -2.50. The zero-order chi connectivity index (χ0) is 17.0. The second-order valence-electron chi connectivity index (χ2n) is 7.03. The summed E-state index contributed by atoms with van der Waals surface area (Å²) < 4.78 is 6.48. The van der Waals surface area contributed by atoms with Crippen molar-refractivity contribution in [2.24, 2.45) is 0 Å². The standard InChI is InChI=1S/C23H19OP/c1-25(2)15-18-12-11-16-7-3-5-9-19(16)22(18)23-20-10-6-4-8-17(20)13-14-21(23)24-25/h3-14H,1,15H2,2H3. The fourth-order valence-corrected chi connectivity index (χ4v) is 5.63. The molecule has 0 saturated carbocycles.